The summed E-state index contributed by atoms with van der Waals surface area (Å²) < 4.78 is 8.28. The van der Waals surface area contributed by atoms with Crippen LogP contribution in [0.1, 0.15) is 23.0 Å². The summed E-state index contributed by atoms with van der Waals surface area (Å²) in [5.74, 6) is 0.932. The predicted molar refractivity (Wildman–Crippen MR) is 107 cm³/mol. The van der Waals surface area contributed by atoms with Crippen molar-refractivity contribution in [1.82, 2.24) is 29.5 Å². The van der Waals surface area contributed by atoms with Gasteiger partial charge in [0.15, 0.2) is 5.65 Å². The summed E-state index contributed by atoms with van der Waals surface area (Å²) in [4.78, 5) is 32.1. The van der Waals surface area contributed by atoms with Gasteiger partial charge in [0.25, 0.3) is 11.5 Å². The van der Waals surface area contributed by atoms with Crippen molar-refractivity contribution in [3.05, 3.63) is 58.1 Å². The Kier molecular flexibility index (Phi) is 4.59. The van der Waals surface area contributed by atoms with E-state index in [0.717, 1.165) is 0 Å². The van der Waals surface area contributed by atoms with Gasteiger partial charge in [-0.2, -0.15) is 19.9 Å². The summed E-state index contributed by atoms with van der Waals surface area (Å²) in [5.41, 5.74) is 1.19. The van der Waals surface area contributed by atoms with Crippen LogP contribution in [0, 0.1) is 6.92 Å². The van der Waals surface area contributed by atoms with E-state index in [1.807, 2.05) is 6.92 Å². The van der Waals surface area contributed by atoms with Crippen molar-refractivity contribution < 1.29 is 9.53 Å². The molecule has 29 heavy (non-hydrogen) atoms. The van der Waals surface area contributed by atoms with Crippen molar-refractivity contribution in [2.45, 2.75) is 13.8 Å². The monoisotopic (exact) mass is 393 g/mol. The van der Waals surface area contributed by atoms with Crippen LogP contribution in [0.3, 0.4) is 0 Å². The maximum Gasteiger partial charge on any atom is 0.263 e. The number of hydrogen-bond acceptors (Lipinski definition) is 6. The van der Waals surface area contributed by atoms with Crippen molar-refractivity contribution in [1.29, 1.82) is 0 Å². The van der Waals surface area contributed by atoms with Gasteiger partial charge in [-0.05, 0) is 38.1 Å². The molecule has 0 spiro atoms. The lowest BCUT2D eigenvalue weighted by atomic mass is 10.2. The van der Waals surface area contributed by atoms with E-state index < -0.39 is 0 Å². The highest BCUT2D eigenvalue weighted by Crippen LogP contribution is 2.18. The molecule has 2 N–H and O–H groups in total. The van der Waals surface area contributed by atoms with E-state index in [-0.39, 0.29) is 17.4 Å². The molecule has 0 bridgehead atoms. The molecule has 0 aliphatic rings. The normalized spacial score (nSPS) is 11.0. The minimum absolute atomic E-state index is 0.182. The molecule has 0 aliphatic heterocycles. The first-order valence-electron chi connectivity index (χ1n) is 8.99. The van der Waals surface area contributed by atoms with Gasteiger partial charge in [0.05, 0.1) is 18.5 Å². The Bertz CT molecular complexity index is 1250. The van der Waals surface area contributed by atoms with E-state index in [1.165, 1.54) is 15.6 Å². The quantitative estimate of drug-likeness (QED) is 0.534. The second kappa shape index (κ2) is 7.23. The molecule has 148 valence electrons. The van der Waals surface area contributed by atoms with Crippen LogP contribution in [0.25, 0.3) is 17.0 Å². The first-order valence-corrected chi connectivity index (χ1v) is 8.99. The number of nitrogens with one attached hydrogen (secondary N) is 2. The number of aryl methyl sites for hydroxylation is 2. The van der Waals surface area contributed by atoms with Crippen molar-refractivity contribution in [3.63, 3.8) is 0 Å². The van der Waals surface area contributed by atoms with Crippen LogP contribution in [-0.4, -0.2) is 42.0 Å². The highest BCUT2D eigenvalue weighted by molar-refractivity contribution is 6.04. The summed E-state index contributed by atoms with van der Waals surface area (Å²) >= 11 is 0. The smallest absolute Gasteiger partial charge is 0.263 e. The van der Waals surface area contributed by atoms with E-state index >= 15 is 0 Å². The molecule has 0 fully saturated rings. The number of aromatic amines is 1. The first kappa shape index (κ1) is 18.4. The Morgan fingerprint density at radius 2 is 2.03 bits per heavy atom. The number of fused-ring (bicyclic) bond motifs is 1. The molecule has 1 aromatic carbocycles. The van der Waals surface area contributed by atoms with E-state index in [2.05, 4.69) is 25.5 Å². The number of ether oxygens (including phenoxy) is 1. The lowest BCUT2D eigenvalue weighted by Gasteiger charge is -2.09. The van der Waals surface area contributed by atoms with Gasteiger partial charge in [0.2, 0.25) is 5.95 Å². The van der Waals surface area contributed by atoms with Crippen molar-refractivity contribution in [2.75, 3.05) is 11.9 Å². The largest absolute Gasteiger partial charge is 0.494 e. The van der Waals surface area contributed by atoms with Gasteiger partial charge in [0, 0.05) is 18.7 Å². The zero-order valence-corrected chi connectivity index (χ0v) is 16.1. The van der Waals surface area contributed by atoms with Crippen LogP contribution < -0.4 is 15.6 Å². The van der Waals surface area contributed by atoms with Crippen LogP contribution in [0.2, 0.25) is 0 Å². The second-order valence-corrected chi connectivity index (χ2v) is 6.39. The molecule has 10 heteroatoms. The fraction of sp³-hybridized carbons (Fsp3) is 0.211. The number of anilines is 1. The average Bonchev–Trinajstić information content (AvgIpc) is 3.25. The molecular formula is C19H19N7O3. The second-order valence-electron chi connectivity index (χ2n) is 6.39. The maximum atomic E-state index is 12.7. The Morgan fingerprint density at radius 3 is 2.76 bits per heavy atom. The molecule has 1 amide bonds. The molecule has 0 unspecified atom stereocenters. The van der Waals surface area contributed by atoms with Crippen LogP contribution in [0.5, 0.6) is 5.75 Å². The maximum absolute atomic E-state index is 12.7. The number of benzene rings is 1. The molecule has 0 atom stereocenters. The standard InChI is InChI=1S/C19H19N7O3/c1-4-29-13-7-5-12(6-8-13)17(27)21-15-9-11(2)24-26(15)19-22-16-14(18(28)23-19)10-20-25(16)3/h5-10H,4H2,1-3H3,(H,21,27)(H,22,23,28). The third-order valence-electron chi connectivity index (χ3n) is 4.29. The average molecular weight is 393 g/mol. The van der Waals surface area contributed by atoms with Crippen LogP contribution in [0.4, 0.5) is 5.82 Å². The van der Waals surface area contributed by atoms with Crippen molar-refractivity contribution in [2.24, 2.45) is 7.05 Å². The molecule has 0 radical (unpaired) electrons. The van der Waals surface area contributed by atoms with Crippen LogP contribution in [0.15, 0.2) is 41.3 Å². The van der Waals surface area contributed by atoms with Crippen LogP contribution >= 0.6 is 0 Å². The summed E-state index contributed by atoms with van der Waals surface area (Å²) in [5, 5.41) is 11.6. The van der Waals surface area contributed by atoms with Gasteiger partial charge in [-0.25, -0.2) is 0 Å². The van der Waals surface area contributed by atoms with E-state index in [0.29, 0.717) is 40.5 Å². The number of rotatable bonds is 5. The number of amides is 1. The summed E-state index contributed by atoms with van der Waals surface area (Å²) in [6, 6.07) is 8.51. The summed E-state index contributed by atoms with van der Waals surface area (Å²) in [7, 11) is 1.70. The molecule has 4 rings (SSSR count). The molecule has 10 nitrogen and oxygen atoms in total. The highest BCUT2D eigenvalue weighted by Gasteiger charge is 2.16. The third kappa shape index (κ3) is 3.47. The van der Waals surface area contributed by atoms with E-state index in [9.17, 15) is 9.59 Å². The molecular weight excluding hydrogens is 374 g/mol. The number of hydrogen-bond donors (Lipinski definition) is 2. The van der Waals surface area contributed by atoms with Crippen molar-refractivity contribution in [3.8, 4) is 11.7 Å². The van der Waals surface area contributed by atoms with Gasteiger partial charge in [-0.15, -0.1) is 0 Å². The fourth-order valence-electron chi connectivity index (χ4n) is 2.93. The van der Waals surface area contributed by atoms with Gasteiger partial charge < -0.3 is 10.1 Å². The van der Waals surface area contributed by atoms with E-state index in [4.69, 9.17) is 4.74 Å². The molecule has 3 heterocycles. The van der Waals surface area contributed by atoms with Gasteiger partial charge in [-0.3, -0.25) is 19.3 Å². The zero-order chi connectivity index (χ0) is 20.5. The van der Waals surface area contributed by atoms with Gasteiger partial charge in [-0.1, -0.05) is 0 Å². The topological polar surface area (TPSA) is 120 Å². The number of nitrogens with zero attached hydrogens (tertiary/aromatic N) is 5. The Balaban J connectivity index is 1.67. The highest BCUT2D eigenvalue weighted by atomic mass is 16.5. The zero-order valence-electron chi connectivity index (χ0n) is 16.1. The fourth-order valence-corrected chi connectivity index (χ4v) is 2.93. The number of H-pyrrole nitrogens is 1. The van der Waals surface area contributed by atoms with E-state index in [1.54, 1.807) is 44.3 Å². The van der Waals surface area contributed by atoms with Crippen molar-refractivity contribution >= 4 is 22.8 Å². The molecule has 4 aromatic rings. The van der Waals surface area contributed by atoms with Gasteiger partial charge in [0.1, 0.15) is 17.0 Å². The van der Waals surface area contributed by atoms with Gasteiger partial charge >= 0.3 is 0 Å². The number of carbonyl (C=O) groups is 1. The SMILES string of the molecule is CCOc1ccc(C(=O)Nc2cc(C)nn2-c2nc3c(cnn3C)c(=O)[nH]2)cc1. The summed E-state index contributed by atoms with van der Waals surface area (Å²) in [6.07, 6.45) is 1.45. The Morgan fingerprint density at radius 1 is 1.28 bits per heavy atom. The number of aromatic nitrogens is 6. The lowest BCUT2D eigenvalue weighted by molar-refractivity contribution is 0.102. The molecule has 0 aliphatic carbocycles. The molecule has 0 saturated carbocycles. The molecule has 3 aromatic heterocycles. The summed E-state index contributed by atoms with van der Waals surface area (Å²) in [6.45, 7) is 4.23. The third-order valence-corrected chi connectivity index (χ3v) is 4.29. The predicted octanol–water partition coefficient (Wildman–Crippen LogP) is 1.80. The minimum atomic E-state index is -0.338. The molecule has 0 saturated heterocycles. The number of carbonyl (C=O) groups excluding carboxylic acids is 1. The minimum Gasteiger partial charge on any atom is -0.494 e. The first-order chi connectivity index (χ1) is 14.0. The van der Waals surface area contributed by atoms with Crippen LogP contribution in [-0.2, 0) is 7.05 Å². The lowest BCUT2D eigenvalue weighted by Crippen LogP contribution is -2.19. The Hall–Kier alpha value is -3.95. The Labute approximate surface area is 165 Å².